The Kier molecular flexibility index (Phi) is 3.43. The van der Waals surface area contributed by atoms with E-state index >= 15 is 0 Å². The van der Waals surface area contributed by atoms with E-state index in [9.17, 15) is 4.79 Å². The lowest BCUT2D eigenvalue weighted by molar-refractivity contribution is 0.102. The molecule has 2 aromatic carbocycles. The van der Waals surface area contributed by atoms with Crippen LogP contribution in [-0.4, -0.2) is 10.9 Å². The second-order valence-electron chi connectivity index (χ2n) is 5.14. The fourth-order valence-corrected chi connectivity index (χ4v) is 2.62. The molecule has 0 saturated carbocycles. The van der Waals surface area contributed by atoms with Gasteiger partial charge in [0.2, 0.25) is 0 Å². The fraction of sp³-hybridized carbons (Fsp3) is 0.118. The van der Waals surface area contributed by atoms with Crippen molar-refractivity contribution in [2.24, 2.45) is 0 Å². The van der Waals surface area contributed by atoms with Crippen molar-refractivity contribution in [2.45, 2.75) is 13.8 Å². The van der Waals surface area contributed by atoms with Gasteiger partial charge in [-0.2, -0.15) is 0 Å². The van der Waals surface area contributed by atoms with Crippen molar-refractivity contribution in [3.05, 3.63) is 64.3 Å². The predicted octanol–water partition coefficient (Wildman–Crippen LogP) is 4.69. The smallest absolute Gasteiger partial charge is 0.272 e. The first-order chi connectivity index (χ1) is 10.0. The van der Waals surface area contributed by atoms with Gasteiger partial charge in [0.05, 0.1) is 0 Å². The summed E-state index contributed by atoms with van der Waals surface area (Å²) in [4.78, 5) is 15.6. The summed E-state index contributed by atoms with van der Waals surface area (Å²) in [7, 11) is 0. The van der Waals surface area contributed by atoms with E-state index in [1.807, 2.05) is 32.0 Å². The highest BCUT2D eigenvalue weighted by molar-refractivity contribution is 6.31. The first kappa shape index (κ1) is 13.7. The Morgan fingerprint density at radius 3 is 2.71 bits per heavy atom. The lowest BCUT2D eigenvalue weighted by atomic mass is 10.1. The van der Waals surface area contributed by atoms with Gasteiger partial charge in [-0.3, -0.25) is 4.79 Å². The maximum Gasteiger partial charge on any atom is 0.272 e. The number of benzene rings is 2. The molecular formula is C17H15ClN2O. The molecule has 1 amide bonds. The van der Waals surface area contributed by atoms with Crippen LogP contribution >= 0.6 is 11.6 Å². The number of hydrogen-bond donors (Lipinski definition) is 2. The Labute approximate surface area is 127 Å². The Morgan fingerprint density at radius 2 is 1.95 bits per heavy atom. The van der Waals surface area contributed by atoms with Crippen LogP contribution in [0.2, 0.25) is 5.02 Å². The summed E-state index contributed by atoms with van der Waals surface area (Å²) in [5.74, 6) is -0.163. The second-order valence-corrected chi connectivity index (χ2v) is 5.57. The normalized spacial score (nSPS) is 10.8. The second kappa shape index (κ2) is 5.26. The molecule has 0 atom stereocenters. The van der Waals surface area contributed by atoms with Gasteiger partial charge < -0.3 is 10.3 Å². The number of H-pyrrole nitrogens is 1. The minimum absolute atomic E-state index is 0.163. The first-order valence-corrected chi connectivity index (χ1v) is 7.08. The van der Waals surface area contributed by atoms with E-state index in [0.717, 1.165) is 16.5 Å². The number of rotatable bonds is 2. The van der Waals surface area contributed by atoms with E-state index in [0.29, 0.717) is 16.4 Å². The fourth-order valence-electron chi connectivity index (χ4n) is 2.43. The zero-order valence-electron chi connectivity index (χ0n) is 11.8. The summed E-state index contributed by atoms with van der Waals surface area (Å²) in [6.07, 6.45) is 0. The van der Waals surface area contributed by atoms with Crippen molar-refractivity contribution in [2.75, 3.05) is 5.32 Å². The summed E-state index contributed by atoms with van der Waals surface area (Å²) < 4.78 is 0. The number of carbonyl (C=O) groups is 1. The van der Waals surface area contributed by atoms with E-state index < -0.39 is 0 Å². The number of nitrogens with one attached hydrogen (secondary N) is 2. The molecule has 0 saturated heterocycles. The molecule has 3 rings (SSSR count). The minimum atomic E-state index is -0.163. The van der Waals surface area contributed by atoms with Gasteiger partial charge >= 0.3 is 0 Å². The molecule has 3 nitrogen and oxygen atoms in total. The number of carbonyl (C=O) groups excluding carboxylic acids is 1. The minimum Gasteiger partial charge on any atom is -0.350 e. The van der Waals surface area contributed by atoms with Gasteiger partial charge in [0, 0.05) is 21.6 Å². The maximum atomic E-state index is 12.4. The van der Waals surface area contributed by atoms with Crippen LogP contribution in [0, 0.1) is 13.8 Å². The van der Waals surface area contributed by atoms with Gasteiger partial charge in [0.1, 0.15) is 5.69 Å². The molecule has 0 aliphatic rings. The maximum absolute atomic E-state index is 12.4. The third-order valence-electron chi connectivity index (χ3n) is 3.52. The number of anilines is 1. The predicted molar refractivity (Wildman–Crippen MR) is 87.2 cm³/mol. The van der Waals surface area contributed by atoms with Crippen LogP contribution in [0.3, 0.4) is 0 Å². The molecule has 0 aliphatic carbocycles. The number of fused-ring (bicyclic) bond motifs is 1. The van der Waals surface area contributed by atoms with Gasteiger partial charge in [-0.1, -0.05) is 29.3 Å². The van der Waals surface area contributed by atoms with Crippen molar-refractivity contribution in [1.29, 1.82) is 0 Å². The van der Waals surface area contributed by atoms with Crippen molar-refractivity contribution < 1.29 is 4.79 Å². The molecule has 0 bridgehead atoms. The summed E-state index contributed by atoms with van der Waals surface area (Å²) in [5, 5.41) is 4.53. The molecular weight excluding hydrogens is 284 g/mol. The van der Waals surface area contributed by atoms with Crippen LogP contribution in [0.25, 0.3) is 10.9 Å². The molecule has 1 aromatic heterocycles. The standard InChI is InChI=1S/C17H15ClN2O/c1-10-6-7-15-14(8-10)11(2)16(20-15)17(21)19-13-5-3-4-12(18)9-13/h3-9,20H,1-2H3,(H,19,21). The third-order valence-corrected chi connectivity index (χ3v) is 3.76. The Morgan fingerprint density at radius 1 is 1.14 bits per heavy atom. The highest BCUT2D eigenvalue weighted by Gasteiger charge is 2.15. The number of halogens is 1. The van der Waals surface area contributed by atoms with E-state index in [4.69, 9.17) is 11.6 Å². The van der Waals surface area contributed by atoms with Gasteiger partial charge in [-0.05, 0) is 49.7 Å². The molecule has 3 aromatic rings. The SMILES string of the molecule is Cc1ccc2[nH]c(C(=O)Nc3cccc(Cl)c3)c(C)c2c1. The molecule has 0 radical (unpaired) electrons. The van der Waals surface area contributed by atoms with Crippen LogP contribution in [0.4, 0.5) is 5.69 Å². The monoisotopic (exact) mass is 298 g/mol. The summed E-state index contributed by atoms with van der Waals surface area (Å²) in [5.41, 5.74) is 4.35. The number of amides is 1. The first-order valence-electron chi connectivity index (χ1n) is 6.70. The van der Waals surface area contributed by atoms with Crippen molar-refractivity contribution >= 4 is 34.1 Å². The average molecular weight is 299 g/mol. The molecule has 0 spiro atoms. The zero-order chi connectivity index (χ0) is 15.0. The number of aromatic nitrogens is 1. The molecule has 0 fully saturated rings. The van der Waals surface area contributed by atoms with Crippen LogP contribution in [0.5, 0.6) is 0 Å². The van der Waals surface area contributed by atoms with Gasteiger partial charge in [-0.15, -0.1) is 0 Å². The van der Waals surface area contributed by atoms with Crippen LogP contribution in [0.15, 0.2) is 42.5 Å². The van der Waals surface area contributed by atoms with Crippen molar-refractivity contribution in [3.8, 4) is 0 Å². The number of hydrogen-bond acceptors (Lipinski definition) is 1. The lowest BCUT2D eigenvalue weighted by Gasteiger charge is -2.05. The van der Waals surface area contributed by atoms with E-state index in [1.54, 1.807) is 18.2 Å². The van der Waals surface area contributed by atoms with E-state index in [-0.39, 0.29) is 5.91 Å². The van der Waals surface area contributed by atoms with Crippen LogP contribution in [-0.2, 0) is 0 Å². The van der Waals surface area contributed by atoms with Gasteiger partial charge in [-0.25, -0.2) is 0 Å². The van der Waals surface area contributed by atoms with Gasteiger partial charge in [0.25, 0.3) is 5.91 Å². The Hall–Kier alpha value is -2.26. The van der Waals surface area contributed by atoms with E-state index in [2.05, 4.69) is 16.4 Å². The van der Waals surface area contributed by atoms with Crippen LogP contribution < -0.4 is 5.32 Å². The molecule has 106 valence electrons. The molecule has 0 unspecified atom stereocenters. The topological polar surface area (TPSA) is 44.9 Å². The van der Waals surface area contributed by atoms with Crippen LogP contribution in [0.1, 0.15) is 21.6 Å². The van der Waals surface area contributed by atoms with E-state index in [1.165, 1.54) is 5.56 Å². The molecule has 2 N–H and O–H groups in total. The van der Waals surface area contributed by atoms with Crippen molar-refractivity contribution in [1.82, 2.24) is 4.98 Å². The molecule has 4 heteroatoms. The lowest BCUT2D eigenvalue weighted by Crippen LogP contribution is -2.13. The summed E-state index contributed by atoms with van der Waals surface area (Å²) >= 11 is 5.93. The highest BCUT2D eigenvalue weighted by atomic mass is 35.5. The Bertz CT molecular complexity index is 836. The molecule has 0 aliphatic heterocycles. The average Bonchev–Trinajstić information content (AvgIpc) is 2.76. The summed E-state index contributed by atoms with van der Waals surface area (Å²) in [6, 6.07) is 13.2. The number of aromatic amines is 1. The molecule has 1 heterocycles. The number of aryl methyl sites for hydroxylation is 2. The third kappa shape index (κ3) is 2.65. The van der Waals surface area contributed by atoms with Crippen molar-refractivity contribution in [3.63, 3.8) is 0 Å². The highest BCUT2D eigenvalue weighted by Crippen LogP contribution is 2.24. The summed E-state index contributed by atoms with van der Waals surface area (Å²) in [6.45, 7) is 3.99. The Balaban J connectivity index is 1.96. The largest absolute Gasteiger partial charge is 0.350 e. The quantitative estimate of drug-likeness (QED) is 0.708. The zero-order valence-corrected chi connectivity index (χ0v) is 12.6. The van der Waals surface area contributed by atoms with Gasteiger partial charge in [0.15, 0.2) is 0 Å². The molecule has 21 heavy (non-hydrogen) atoms.